The monoisotopic (exact) mass is 367 g/mol. The van der Waals surface area contributed by atoms with Gasteiger partial charge in [0.25, 0.3) is 5.91 Å². The van der Waals surface area contributed by atoms with Gasteiger partial charge in [-0.3, -0.25) is 4.79 Å². The molecule has 0 bridgehead atoms. The van der Waals surface area contributed by atoms with E-state index in [9.17, 15) is 4.79 Å². The van der Waals surface area contributed by atoms with Crippen LogP contribution in [0.4, 0.5) is 11.5 Å². The highest BCUT2D eigenvalue weighted by Crippen LogP contribution is 2.28. The largest absolute Gasteiger partial charge is 0.479 e. The molecule has 1 heterocycles. The van der Waals surface area contributed by atoms with E-state index in [-0.39, 0.29) is 11.9 Å². The molecule has 0 radical (unpaired) electrons. The lowest BCUT2D eigenvalue weighted by molar-refractivity contribution is -0.122. The summed E-state index contributed by atoms with van der Waals surface area (Å²) in [6.07, 6.45) is 0.863. The average Bonchev–Trinajstić information content (AvgIpc) is 2.51. The molecule has 0 aliphatic rings. The summed E-state index contributed by atoms with van der Waals surface area (Å²) in [6, 6.07) is 8.71. The molecule has 7 heteroatoms. The summed E-state index contributed by atoms with van der Waals surface area (Å²) in [4.78, 5) is 16.4. The van der Waals surface area contributed by atoms with Crippen molar-refractivity contribution in [3.8, 4) is 5.75 Å². The van der Waals surface area contributed by atoms with Gasteiger partial charge in [0.05, 0.1) is 16.9 Å². The smallest absolute Gasteiger partial charge is 0.265 e. The van der Waals surface area contributed by atoms with Crippen LogP contribution in [0.2, 0.25) is 10.0 Å². The summed E-state index contributed by atoms with van der Waals surface area (Å²) in [6.45, 7) is 5.69. The van der Waals surface area contributed by atoms with E-state index in [1.807, 2.05) is 13.8 Å². The molecular weight excluding hydrogens is 349 g/mol. The zero-order valence-corrected chi connectivity index (χ0v) is 15.2. The number of hydrogen-bond donors (Lipinski definition) is 2. The van der Waals surface area contributed by atoms with Crippen LogP contribution < -0.4 is 15.4 Å². The van der Waals surface area contributed by atoms with E-state index < -0.39 is 6.10 Å². The minimum absolute atomic E-state index is 0.287. The fraction of sp³-hybridized carbons (Fsp3) is 0.294. The Hall–Kier alpha value is -1.98. The van der Waals surface area contributed by atoms with E-state index in [1.165, 1.54) is 0 Å². The van der Waals surface area contributed by atoms with Crippen LogP contribution in [0, 0.1) is 0 Å². The zero-order valence-electron chi connectivity index (χ0n) is 13.6. The number of anilines is 2. The van der Waals surface area contributed by atoms with Gasteiger partial charge in [-0.1, -0.05) is 23.2 Å². The first-order chi connectivity index (χ1) is 11.3. The summed E-state index contributed by atoms with van der Waals surface area (Å²) in [5.41, 5.74) is 0.590. The highest BCUT2D eigenvalue weighted by Gasteiger charge is 2.16. The van der Waals surface area contributed by atoms with Gasteiger partial charge in [-0.2, -0.15) is 0 Å². The predicted octanol–water partition coefficient (Wildman–Crippen LogP) is 4.61. The number of ether oxygens (including phenoxy) is 1. The second-order valence-corrected chi connectivity index (χ2v) is 6.40. The summed E-state index contributed by atoms with van der Waals surface area (Å²) >= 11 is 11.9. The highest BCUT2D eigenvalue weighted by molar-refractivity contribution is 6.35. The number of halogens is 2. The molecule has 1 unspecified atom stereocenters. The van der Waals surface area contributed by atoms with E-state index in [0.29, 0.717) is 21.5 Å². The van der Waals surface area contributed by atoms with Crippen molar-refractivity contribution in [1.29, 1.82) is 0 Å². The van der Waals surface area contributed by atoms with Gasteiger partial charge in [-0.25, -0.2) is 4.98 Å². The minimum Gasteiger partial charge on any atom is -0.479 e. The first-order valence-corrected chi connectivity index (χ1v) is 8.26. The van der Waals surface area contributed by atoms with Gasteiger partial charge in [0.1, 0.15) is 11.6 Å². The second-order valence-electron chi connectivity index (χ2n) is 5.56. The molecule has 0 aliphatic carbocycles. The van der Waals surface area contributed by atoms with E-state index in [2.05, 4.69) is 15.6 Å². The van der Waals surface area contributed by atoms with Crippen molar-refractivity contribution in [2.45, 2.75) is 32.9 Å². The lowest BCUT2D eigenvalue weighted by atomic mass is 10.3. The Kier molecular flexibility index (Phi) is 6.29. The maximum atomic E-state index is 12.2. The van der Waals surface area contributed by atoms with E-state index in [0.717, 1.165) is 5.82 Å². The fourth-order valence-electron chi connectivity index (χ4n) is 1.91. The number of nitrogens with one attached hydrogen (secondary N) is 2. The third kappa shape index (κ3) is 5.28. The Morgan fingerprint density at radius 1 is 1.17 bits per heavy atom. The number of amides is 1. The molecule has 0 aliphatic heterocycles. The van der Waals surface area contributed by atoms with Crippen LogP contribution in [0.15, 0.2) is 36.5 Å². The number of carbonyl (C=O) groups is 1. The Labute approximate surface area is 151 Å². The van der Waals surface area contributed by atoms with Crippen molar-refractivity contribution >= 4 is 40.6 Å². The summed E-state index contributed by atoms with van der Waals surface area (Å²) in [5.74, 6) is 0.853. The standard InChI is InChI=1S/C17H19Cl2N3O2/c1-10(2)21-16-7-5-13(9-20-16)22-17(23)11(3)24-15-6-4-12(18)8-14(15)19/h4-11H,1-3H3,(H,20,21)(H,22,23). The third-order valence-electron chi connectivity index (χ3n) is 3.03. The maximum Gasteiger partial charge on any atom is 0.265 e. The van der Waals surface area contributed by atoms with Crippen LogP contribution in [-0.4, -0.2) is 23.0 Å². The first-order valence-electron chi connectivity index (χ1n) is 7.50. The van der Waals surface area contributed by atoms with Gasteiger partial charge in [-0.15, -0.1) is 0 Å². The molecule has 0 saturated carbocycles. The Morgan fingerprint density at radius 3 is 2.50 bits per heavy atom. The van der Waals surface area contributed by atoms with Crippen molar-refractivity contribution in [1.82, 2.24) is 4.98 Å². The molecule has 1 amide bonds. The summed E-state index contributed by atoms with van der Waals surface area (Å²) in [7, 11) is 0. The van der Waals surface area contributed by atoms with E-state index in [1.54, 1.807) is 43.5 Å². The number of nitrogens with zero attached hydrogens (tertiary/aromatic N) is 1. The lowest BCUT2D eigenvalue weighted by Crippen LogP contribution is -2.30. The Morgan fingerprint density at radius 2 is 1.92 bits per heavy atom. The molecule has 5 nitrogen and oxygen atoms in total. The Balaban J connectivity index is 1.96. The van der Waals surface area contributed by atoms with Crippen molar-refractivity contribution in [3.63, 3.8) is 0 Å². The fourth-order valence-corrected chi connectivity index (χ4v) is 2.36. The van der Waals surface area contributed by atoms with Gasteiger partial charge in [0.15, 0.2) is 6.10 Å². The number of hydrogen-bond acceptors (Lipinski definition) is 4. The number of carbonyl (C=O) groups excluding carboxylic acids is 1. The molecule has 0 spiro atoms. The normalized spacial score (nSPS) is 11.9. The Bertz CT molecular complexity index is 705. The van der Waals surface area contributed by atoms with Crippen LogP contribution in [0.1, 0.15) is 20.8 Å². The van der Waals surface area contributed by atoms with Crippen molar-refractivity contribution in [2.24, 2.45) is 0 Å². The highest BCUT2D eigenvalue weighted by atomic mass is 35.5. The van der Waals surface area contributed by atoms with Crippen LogP contribution in [0.5, 0.6) is 5.75 Å². The van der Waals surface area contributed by atoms with Gasteiger partial charge < -0.3 is 15.4 Å². The molecule has 2 aromatic rings. The molecule has 1 aromatic carbocycles. The third-order valence-corrected chi connectivity index (χ3v) is 3.56. The van der Waals surface area contributed by atoms with Crippen LogP contribution in [0.25, 0.3) is 0 Å². The predicted molar refractivity (Wildman–Crippen MR) is 98.2 cm³/mol. The molecule has 0 saturated heterocycles. The van der Waals surface area contributed by atoms with Crippen molar-refractivity contribution in [3.05, 3.63) is 46.6 Å². The minimum atomic E-state index is -0.725. The molecular formula is C17H19Cl2N3O2. The number of pyridine rings is 1. The maximum absolute atomic E-state index is 12.2. The zero-order chi connectivity index (χ0) is 17.7. The van der Waals surface area contributed by atoms with Gasteiger partial charge >= 0.3 is 0 Å². The number of benzene rings is 1. The molecule has 24 heavy (non-hydrogen) atoms. The quantitative estimate of drug-likeness (QED) is 0.781. The van der Waals surface area contributed by atoms with E-state index in [4.69, 9.17) is 27.9 Å². The van der Waals surface area contributed by atoms with Crippen LogP contribution in [-0.2, 0) is 4.79 Å². The van der Waals surface area contributed by atoms with Crippen LogP contribution >= 0.6 is 23.2 Å². The SMILES string of the molecule is CC(C)Nc1ccc(NC(=O)C(C)Oc2ccc(Cl)cc2Cl)cn1. The summed E-state index contributed by atoms with van der Waals surface area (Å²) in [5, 5.41) is 6.79. The first kappa shape index (κ1) is 18.4. The lowest BCUT2D eigenvalue weighted by Gasteiger charge is -2.16. The van der Waals surface area contributed by atoms with Crippen molar-refractivity contribution in [2.75, 3.05) is 10.6 Å². The average molecular weight is 368 g/mol. The molecule has 128 valence electrons. The van der Waals surface area contributed by atoms with Gasteiger partial charge in [0.2, 0.25) is 0 Å². The van der Waals surface area contributed by atoms with E-state index >= 15 is 0 Å². The topological polar surface area (TPSA) is 63.2 Å². The molecule has 1 atom stereocenters. The van der Waals surface area contributed by atoms with Gasteiger partial charge in [0, 0.05) is 11.1 Å². The number of rotatable bonds is 6. The number of aromatic nitrogens is 1. The molecule has 2 rings (SSSR count). The molecule has 2 N–H and O–H groups in total. The molecule has 1 aromatic heterocycles. The van der Waals surface area contributed by atoms with Gasteiger partial charge in [-0.05, 0) is 51.1 Å². The summed E-state index contributed by atoms with van der Waals surface area (Å²) < 4.78 is 5.58. The van der Waals surface area contributed by atoms with Crippen molar-refractivity contribution < 1.29 is 9.53 Å². The van der Waals surface area contributed by atoms with Crippen LogP contribution in [0.3, 0.4) is 0 Å². The molecule has 0 fully saturated rings. The second kappa shape index (κ2) is 8.22.